The van der Waals surface area contributed by atoms with Crippen LogP contribution in [0.3, 0.4) is 0 Å². The highest BCUT2D eigenvalue weighted by Gasteiger charge is 2.38. The van der Waals surface area contributed by atoms with Crippen LogP contribution in [0.4, 0.5) is 0 Å². The first-order chi connectivity index (χ1) is 5.21. The first-order valence-electron chi connectivity index (χ1n) is 3.86. The van der Waals surface area contributed by atoms with Crippen LogP contribution in [0.15, 0.2) is 5.38 Å². The molecule has 0 saturated heterocycles. The van der Waals surface area contributed by atoms with Gasteiger partial charge in [-0.25, -0.2) is 4.98 Å². The van der Waals surface area contributed by atoms with Gasteiger partial charge in [0.15, 0.2) is 0 Å². The van der Waals surface area contributed by atoms with Crippen LogP contribution in [0.2, 0.25) is 0 Å². The smallest absolute Gasteiger partial charge is 0.125 e. The third-order valence-electron chi connectivity index (χ3n) is 2.20. The van der Waals surface area contributed by atoms with E-state index in [1.54, 1.807) is 11.3 Å². The molecule has 2 rings (SSSR count). The zero-order valence-corrected chi connectivity index (χ0v) is 7.32. The molecule has 2 nitrogen and oxygen atoms in total. The minimum atomic E-state index is -0.557. The van der Waals surface area contributed by atoms with Gasteiger partial charge in [-0.05, 0) is 26.2 Å². The Bertz CT molecular complexity index is 265. The molecule has 1 N–H and O–H groups in total. The Morgan fingerprint density at radius 2 is 2.36 bits per heavy atom. The molecule has 0 atom stereocenters. The maximum atomic E-state index is 9.84. The van der Waals surface area contributed by atoms with Crippen molar-refractivity contribution in [3.8, 4) is 0 Å². The lowest BCUT2D eigenvalue weighted by Gasteiger charge is -2.34. The lowest BCUT2D eigenvalue weighted by molar-refractivity contribution is -0.0390. The predicted molar refractivity (Wildman–Crippen MR) is 44.6 cm³/mol. The van der Waals surface area contributed by atoms with Crippen molar-refractivity contribution in [1.29, 1.82) is 0 Å². The van der Waals surface area contributed by atoms with Gasteiger partial charge < -0.3 is 5.11 Å². The number of rotatable bonds is 1. The van der Waals surface area contributed by atoms with E-state index in [0.717, 1.165) is 30.0 Å². The molecule has 0 radical (unpaired) electrons. The van der Waals surface area contributed by atoms with Gasteiger partial charge in [-0.3, -0.25) is 0 Å². The number of nitrogens with zero attached hydrogens (tertiary/aromatic N) is 1. The van der Waals surface area contributed by atoms with Crippen molar-refractivity contribution in [3.63, 3.8) is 0 Å². The normalized spacial score (nSPS) is 21.3. The predicted octanol–water partition coefficient (Wildman–Crippen LogP) is 1.82. The van der Waals surface area contributed by atoms with Gasteiger partial charge in [0.05, 0.1) is 0 Å². The summed E-state index contributed by atoms with van der Waals surface area (Å²) in [6.45, 7) is 1.96. The SMILES string of the molecule is Cc1csc(C2(O)CCC2)n1. The van der Waals surface area contributed by atoms with Crippen molar-refractivity contribution in [2.45, 2.75) is 31.8 Å². The summed E-state index contributed by atoms with van der Waals surface area (Å²) in [6, 6.07) is 0. The van der Waals surface area contributed by atoms with Gasteiger partial charge in [0, 0.05) is 11.1 Å². The largest absolute Gasteiger partial charge is 0.383 e. The number of hydrogen-bond donors (Lipinski definition) is 1. The fraction of sp³-hybridized carbons (Fsp3) is 0.625. The minimum Gasteiger partial charge on any atom is -0.383 e. The fourth-order valence-electron chi connectivity index (χ4n) is 1.29. The summed E-state index contributed by atoms with van der Waals surface area (Å²) in [6.07, 6.45) is 2.91. The van der Waals surface area contributed by atoms with E-state index in [4.69, 9.17) is 0 Å². The Morgan fingerprint density at radius 1 is 1.64 bits per heavy atom. The van der Waals surface area contributed by atoms with E-state index in [0.29, 0.717) is 0 Å². The maximum absolute atomic E-state index is 9.84. The second-order valence-electron chi connectivity index (χ2n) is 3.18. The summed E-state index contributed by atoms with van der Waals surface area (Å²) >= 11 is 1.57. The van der Waals surface area contributed by atoms with Crippen LogP contribution < -0.4 is 0 Å². The van der Waals surface area contributed by atoms with E-state index in [9.17, 15) is 5.11 Å². The maximum Gasteiger partial charge on any atom is 0.125 e. The summed E-state index contributed by atoms with van der Waals surface area (Å²) in [5, 5.41) is 12.7. The van der Waals surface area contributed by atoms with Gasteiger partial charge >= 0.3 is 0 Å². The second-order valence-corrected chi connectivity index (χ2v) is 4.04. The highest BCUT2D eigenvalue weighted by atomic mass is 32.1. The van der Waals surface area contributed by atoms with Crippen molar-refractivity contribution in [2.75, 3.05) is 0 Å². The molecule has 1 aliphatic rings. The Hall–Kier alpha value is -0.410. The summed E-state index contributed by atoms with van der Waals surface area (Å²) in [5.41, 5.74) is 0.462. The van der Waals surface area contributed by atoms with Crippen molar-refractivity contribution in [3.05, 3.63) is 16.1 Å². The molecule has 1 aliphatic carbocycles. The first kappa shape index (κ1) is 7.25. The molecule has 3 heteroatoms. The molecule has 0 aliphatic heterocycles. The molecule has 0 amide bonds. The van der Waals surface area contributed by atoms with Gasteiger partial charge in [0.25, 0.3) is 0 Å². The number of hydrogen-bond acceptors (Lipinski definition) is 3. The van der Waals surface area contributed by atoms with E-state index in [2.05, 4.69) is 4.98 Å². The van der Waals surface area contributed by atoms with E-state index in [1.807, 2.05) is 12.3 Å². The Morgan fingerprint density at radius 3 is 2.73 bits per heavy atom. The van der Waals surface area contributed by atoms with Crippen LogP contribution in [0.5, 0.6) is 0 Å². The zero-order valence-electron chi connectivity index (χ0n) is 6.50. The van der Waals surface area contributed by atoms with Gasteiger partial charge in [0.1, 0.15) is 10.6 Å². The van der Waals surface area contributed by atoms with Crippen molar-refractivity contribution < 1.29 is 5.11 Å². The fourth-order valence-corrected chi connectivity index (χ4v) is 2.25. The van der Waals surface area contributed by atoms with Crippen molar-refractivity contribution in [1.82, 2.24) is 4.98 Å². The Labute approximate surface area is 69.9 Å². The van der Waals surface area contributed by atoms with Crippen LogP contribution in [0, 0.1) is 6.92 Å². The van der Waals surface area contributed by atoms with Gasteiger partial charge in [-0.2, -0.15) is 0 Å². The van der Waals surface area contributed by atoms with Crippen LogP contribution >= 0.6 is 11.3 Å². The lowest BCUT2D eigenvalue weighted by atomic mass is 9.81. The molecule has 60 valence electrons. The quantitative estimate of drug-likeness (QED) is 0.695. The molecule has 1 heterocycles. The summed E-state index contributed by atoms with van der Waals surface area (Å²) in [5.74, 6) is 0. The molecule has 0 bridgehead atoms. The molecule has 1 fully saturated rings. The van der Waals surface area contributed by atoms with Crippen LogP contribution in [-0.4, -0.2) is 10.1 Å². The topological polar surface area (TPSA) is 33.1 Å². The average molecular weight is 169 g/mol. The number of aromatic nitrogens is 1. The van der Waals surface area contributed by atoms with Crippen molar-refractivity contribution in [2.24, 2.45) is 0 Å². The van der Waals surface area contributed by atoms with E-state index < -0.39 is 5.60 Å². The van der Waals surface area contributed by atoms with E-state index in [-0.39, 0.29) is 0 Å². The third kappa shape index (κ3) is 1.08. The highest BCUT2D eigenvalue weighted by molar-refractivity contribution is 7.09. The van der Waals surface area contributed by atoms with Gasteiger partial charge in [0.2, 0.25) is 0 Å². The molecule has 0 spiro atoms. The van der Waals surface area contributed by atoms with E-state index in [1.165, 1.54) is 0 Å². The molecule has 0 aromatic carbocycles. The first-order valence-corrected chi connectivity index (χ1v) is 4.74. The summed E-state index contributed by atoms with van der Waals surface area (Å²) in [7, 11) is 0. The van der Waals surface area contributed by atoms with Gasteiger partial charge in [-0.15, -0.1) is 11.3 Å². The standard InChI is InChI=1S/C8H11NOS/c1-6-5-11-7(9-6)8(10)3-2-4-8/h5,10H,2-4H2,1H3. The van der Waals surface area contributed by atoms with Crippen LogP contribution in [-0.2, 0) is 5.60 Å². The zero-order chi connectivity index (χ0) is 7.90. The molecule has 0 unspecified atom stereocenters. The molecule has 11 heavy (non-hydrogen) atoms. The van der Waals surface area contributed by atoms with Gasteiger partial charge in [-0.1, -0.05) is 0 Å². The summed E-state index contributed by atoms with van der Waals surface area (Å²) < 4.78 is 0. The average Bonchev–Trinajstić information content (AvgIpc) is 2.31. The van der Waals surface area contributed by atoms with Crippen LogP contribution in [0.25, 0.3) is 0 Å². The molecular formula is C8H11NOS. The number of aliphatic hydroxyl groups is 1. The van der Waals surface area contributed by atoms with Crippen LogP contribution in [0.1, 0.15) is 30.0 Å². The number of aryl methyl sites for hydroxylation is 1. The third-order valence-corrected chi connectivity index (χ3v) is 3.35. The summed E-state index contributed by atoms with van der Waals surface area (Å²) in [4.78, 5) is 4.27. The minimum absolute atomic E-state index is 0.557. The van der Waals surface area contributed by atoms with Crippen molar-refractivity contribution >= 4 is 11.3 Å². The lowest BCUT2D eigenvalue weighted by Crippen LogP contribution is -2.33. The monoisotopic (exact) mass is 169 g/mol. The molecule has 1 aromatic rings. The Kier molecular flexibility index (Phi) is 1.51. The molecule has 1 aromatic heterocycles. The van der Waals surface area contributed by atoms with E-state index >= 15 is 0 Å². The molecular weight excluding hydrogens is 158 g/mol. The molecule has 1 saturated carbocycles. The Balaban J connectivity index is 2.28. The second kappa shape index (κ2) is 2.29. The number of thiazole rings is 1. The highest BCUT2D eigenvalue weighted by Crippen LogP contribution is 2.41.